The lowest BCUT2D eigenvalue weighted by Crippen LogP contribution is -2.23. The highest BCUT2D eigenvalue weighted by Crippen LogP contribution is 2.55. The number of hydrogen-bond donors (Lipinski definition) is 0. The number of rotatable bonds is 10. The zero-order chi connectivity index (χ0) is 70.4. The fourth-order valence-electron chi connectivity index (χ4n) is 18.1. The Morgan fingerprint density at radius 1 is 0.243 bits per heavy atom. The maximum Gasteiger partial charge on any atom is 0.168 e. The van der Waals surface area contributed by atoms with Gasteiger partial charge in [0.1, 0.15) is 11.4 Å². The van der Waals surface area contributed by atoms with Crippen molar-refractivity contribution in [3.8, 4) is 89.8 Å². The van der Waals surface area contributed by atoms with E-state index in [1.807, 2.05) is 0 Å². The van der Waals surface area contributed by atoms with E-state index in [0.717, 1.165) is 101 Å². The summed E-state index contributed by atoms with van der Waals surface area (Å²) in [4.78, 5) is 0. The molecule has 0 aliphatic heterocycles. The average Bonchev–Trinajstić information content (AvgIpc) is 1.56. The second kappa shape index (κ2) is 23.8. The molecule has 0 fully saturated rings. The van der Waals surface area contributed by atoms with Gasteiger partial charge in [-0.3, -0.25) is 9.13 Å². The molecule has 498 valence electrons. The summed E-state index contributed by atoms with van der Waals surface area (Å²) in [7, 11) is 0. The van der Waals surface area contributed by atoms with Crippen LogP contribution >= 0.6 is 0 Å². The number of benzene rings is 17. The molecule has 4 aromatic heterocycles. The van der Waals surface area contributed by atoms with Crippen molar-refractivity contribution >= 4 is 108 Å². The molecular weight excluding hydrogens is 1300 g/mol. The van der Waals surface area contributed by atoms with Crippen molar-refractivity contribution in [2.45, 2.75) is 18.8 Å². The summed E-state index contributed by atoms with van der Waals surface area (Å²) in [6, 6.07) is 131. The fourth-order valence-corrected chi connectivity index (χ4v) is 18.1. The molecule has 22 rings (SSSR count). The second-order valence-electron chi connectivity index (χ2n) is 29.1. The van der Waals surface area contributed by atoms with E-state index in [9.17, 15) is 0 Å². The van der Waals surface area contributed by atoms with Gasteiger partial charge in [-0.25, -0.2) is 0 Å². The molecule has 0 bridgehead atoms. The van der Waals surface area contributed by atoms with Gasteiger partial charge >= 0.3 is 0 Å². The van der Waals surface area contributed by atoms with Crippen LogP contribution in [0.5, 0.6) is 0 Å². The molecule has 0 saturated carbocycles. The van der Waals surface area contributed by atoms with Crippen molar-refractivity contribution in [1.82, 2.24) is 29.5 Å². The highest BCUT2D eigenvalue weighted by Gasteiger charge is 2.41. The summed E-state index contributed by atoms with van der Waals surface area (Å²) in [6.45, 7) is 2.46. The van der Waals surface area contributed by atoms with Crippen molar-refractivity contribution in [3.05, 3.63) is 375 Å². The van der Waals surface area contributed by atoms with Gasteiger partial charge in [-0.1, -0.05) is 316 Å². The highest BCUT2D eigenvalue weighted by atomic mass is 15.2. The normalized spacial score (nSPS) is 13.5. The molecule has 6 heteroatoms. The van der Waals surface area contributed by atoms with Crippen LogP contribution < -0.4 is 0 Å². The zero-order valence-electron chi connectivity index (χ0n) is 58.5. The summed E-state index contributed by atoms with van der Waals surface area (Å²) in [5.41, 5.74) is 23.8. The molecule has 0 radical (unpaired) electrons. The minimum Gasteiger partial charge on any atom is -0.292 e. The lowest BCUT2D eigenvalue weighted by Gasteiger charge is -2.28. The van der Waals surface area contributed by atoms with Gasteiger partial charge in [-0.15, -0.1) is 20.4 Å². The molecule has 0 N–H and O–H groups in total. The Labute approximate surface area is 617 Å². The molecule has 107 heavy (non-hydrogen) atoms. The first-order valence-corrected chi connectivity index (χ1v) is 36.9. The van der Waals surface area contributed by atoms with E-state index in [1.54, 1.807) is 0 Å². The van der Waals surface area contributed by atoms with Gasteiger partial charge in [-0.2, -0.15) is 0 Å². The van der Waals surface area contributed by atoms with Crippen LogP contribution in [0.3, 0.4) is 0 Å². The van der Waals surface area contributed by atoms with E-state index in [0.29, 0.717) is 0 Å². The van der Waals surface area contributed by atoms with Crippen LogP contribution in [-0.4, -0.2) is 29.5 Å². The van der Waals surface area contributed by atoms with Gasteiger partial charge in [-0.05, 0) is 170 Å². The minimum absolute atomic E-state index is 0.331. The number of aromatic nitrogens is 6. The summed E-state index contributed by atoms with van der Waals surface area (Å²) in [5.74, 6) is 1.61. The van der Waals surface area contributed by atoms with Crippen molar-refractivity contribution in [2.75, 3.05) is 0 Å². The Balaban J connectivity index is 0.599. The highest BCUT2D eigenvalue weighted by molar-refractivity contribution is 6.21. The third-order valence-corrected chi connectivity index (χ3v) is 23.1. The Bertz CT molecular complexity index is 7290. The molecule has 0 spiro atoms. The first-order valence-electron chi connectivity index (χ1n) is 36.9. The van der Waals surface area contributed by atoms with Gasteiger partial charge < -0.3 is 0 Å². The Kier molecular flexibility index (Phi) is 13.5. The lowest BCUT2D eigenvalue weighted by atomic mass is 9.75. The van der Waals surface area contributed by atoms with Crippen LogP contribution in [-0.2, 0) is 11.8 Å². The molecule has 1 atom stereocenters. The molecule has 17 aromatic carbocycles. The third kappa shape index (κ3) is 9.45. The van der Waals surface area contributed by atoms with Crippen LogP contribution in [0, 0.1) is 0 Å². The lowest BCUT2D eigenvalue weighted by molar-refractivity contribution is 0.583. The first-order chi connectivity index (χ1) is 52.9. The molecule has 0 saturated heterocycles. The molecular formula is C101H64N6. The van der Waals surface area contributed by atoms with E-state index in [-0.39, 0.29) is 5.41 Å². The van der Waals surface area contributed by atoms with Gasteiger partial charge in [0, 0.05) is 59.6 Å². The zero-order valence-corrected chi connectivity index (χ0v) is 58.5. The van der Waals surface area contributed by atoms with Gasteiger partial charge in [0.25, 0.3) is 0 Å². The Morgan fingerprint density at radius 2 is 0.710 bits per heavy atom. The first kappa shape index (κ1) is 60.6. The SMILES string of the molecule is CC1(Cc2ccc3cc(-c4ccc(-c5nnc(-n6c7ccc(-c8ccccc8)cc7c7cc8ccccc8cc76)c6ccccc56)cc4)ccc3c2)c2ccccc2-c2c(-c3cccc4c3c3cc5ccccc5cc3n4-c3nnc(-c4ccc(-c5ccccc5)c5ccccc45)c4ccccc34)cccc21. The smallest absolute Gasteiger partial charge is 0.168 e. The summed E-state index contributed by atoms with van der Waals surface area (Å²) in [6.07, 6.45) is 0.827. The fraction of sp³-hybridized carbons (Fsp3) is 0.0297. The molecule has 0 amide bonds. The van der Waals surface area contributed by atoms with Crippen LogP contribution in [0.4, 0.5) is 0 Å². The van der Waals surface area contributed by atoms with Crippen LogP contribution in [0.15, 0.2) is 358 Å². The van der Waals surface area contributed by atoms with Crippen molar-refractivity contribution in [2.24, 2.45) is 0 Å². The van der Waals surface area contributed by atoms with E-state index in [1.165, 1.54) is 120 Å². The summed E-state index contributed by atoms with van der Waals surface area (Å²) < 4.78 is 4.69. The maximum atomic E-state index is 5.34. The van der Waals surface area contributed by atoms with Gasteiger partial charge in [0.2, 0.25) is 0 Å². The quantitative estimate of drug-likeness (QED) is 0.137. The van der Waals surface area contributed by atoms with E-state index >= 15 is 0 Å². The number of hydrogen-bond acceptors (Lipinski definition) is 4. The van der Waals surface area contributed by atoms with Crippen molar-refractivity contribution in [1.29, 1.82) is 0 Å². The Hall–Kier alpha value is -13.9. The monoisotopic (exact) mass is 1360 g/mol. The van der Waals surface area contributed by atoms with Crippen LogP contribution in [0.1, 0.15) is 23.6 Å². The van der Waals surface area contributed by atoms with Crippen LogP contribution in [0.25, 0.3) is 198 Å². The number of nitrogens with zero attached hydrogens (tertiary/aromatic N) is 6. The van der Waals surface area contributed by atoms with E-state index < -0.39 is 0 Å². The van der Waals surface area contributed by atoms with E-state index in [2.05, 4.69) is 374 Å². The van der Waals surface area contributed by atoms with Gasteiger partial charge in [0.05, 0.1) is 22.1 Å². The van der Waals surface area contributed by atoms with Crippen LogP contribution in [0.2, 0.25) is 0 Å². The molecule has 1 aliphatic rings. The molecule has 4 heterocycles. The molecule has 21 aromatic rings. The minimum atomic E-state index is -0.331. The number of fused-ring (bicyclic) bond motifs is 15. The predicted octanol–water partition coefficient (Wildman–Crippen LogP) is 25.9. The summed E-state index contributed by atoms with van der Waals surface area (Å²) >= 11 is 0. The third-order valence-electron chi connectivity index (χ3n) is 23.1. The predicted molar refractivity (Wildman–Crippen MR) is 446 cm³/mol. The van der Waals surface area contributed by atoms with Crippen molar-refractivity contribution in [3.63, 3.8) is 0 Å². The maximum absolute atomic E-state index is 5.34. The van der Waals surface area contributed by atoms with E-state index in [4.69, 9.17) is 20.4 Å². The molecule has 6 nitrogen and oxygen atoms in total. The molecule has 1 unspecified atom stereocenters. The molecule has 1 aliphatic carbocycles. The van der Waals surface area contributed by atoms with Crippen molar-refractivity contribution < 1.29 is 0 Å². The topological polar surface area (TPSA) is 61.4 Å². The second-order valence-corrected chi connectivity index (χ2v) is 29.1. The van der Waals surface area contributed by atoms with Gasteiger partial charge in [0.15, 0.2) is 11.6 Å². The summed E-state index contributed by atoms with van der Waals surface area (Å²) in [5, 5.41) is 39.2. The average molecular weight is 1360 g/mol. The largest absolute Gasteiger partial charge is 0.292 e. The Morgan fingerprint density at radius 3 is 1.44 bits per heavy atom. The standard InChI is InChI=1S/C101H64N6/c1-101(61-62-42-43-73-55-72(49-48-71(73)54-62)64-44-46-66(47-45-64)97-80-32-14-16-34-83(80)99(104-102-97)106-91-53-50-74(63-22-4-2-5-23-63)57-86(91)87-56-67-26-8-10-28-69(67)59-93(87)106)89-39-19-18-36-85(89)95-78(37-20-40-90(95)101)79-38-21-41-92-96(79)88-58-68-27-9-11-29-70(68)60-94(88)107(92)100-84-35-17-15-33-81(84)98(103-105-100)82-52-51-75(65-24-6-3-7-25-65)76-30-12-13-31-77(76)82/h2-60H,61H2,1H3.